The molecule has 1 unspecified atom stereocenters. The van der Waals surface area contributed by atoms with Crippen LogP contribution >= 0.6 is 0 Å². The summed E-state index contributed by atoms with van der Waals surface area (Å²) in [6, 6.07) is 16.2. The number of hydrogen-bond acceptors (Lipinski definition) is 6. The van der Waals surface area contributed by atoms with Crippen LogP contribution in [0.5, 0.6) is 5.75 Å². The number of amides is 1. The van der Waals surface area contributed by atoms with Crippen molar-refractivity contribution in [3.8, 4) is 16.9 Å². The zero-order chi connectivity index (χ0) is 26.8. The van der Waals surface area contributed by atoms with E-state index in [4.69, 9.17) is 20.6 Å². The van der Waals surface area contributed by atoms with Gasteiger partial charge in [0.25, 0.3) is 5.91 Å². The highest BCUT2D eigenvalue weighted by atomic mass is 16.5. The van der Waals surface area contributed by atoms with Crippen molar-refractivity contribution in [3.05, 3.63) is 82.4 Å². The van der Waals surface area contributed by atoms with Crippen LogP contribution in [0.2, 0.25) is 0 Å². The van der Waals surface area contributed by atoms with Crippen LogP contribution in [0.3, 0.4) is 0 Å². The molecule has 0 spiro atoms. The molecule has 0 bridgehead atoms. The van der Waals surface area contributed by atoms with Gasteiger partial charge in [0.05, 0.1) is 25.9 Å². The smallest absolute Gasteiger partial charge is 0.336 e. The van der Waals surface area contributed by atoms with Gasteiger partial charge in [-0.15, -0.1) is 0 Å². The minimum atomic E-state index is -1.08. The van der Waals surface area contributed by atoms with Gasteiger partial charge in [0, 0.05) is 42.4 Å². The van der Waals surface area contributed by atoms with E-state index in [2.05, 4.69) is 5.32 Å². The van der Waals surface area contributed by atoms with Crippen LogP contribution in [0.1, 0.15) is 43.3 Å². The summed E-state index contributed by atoms with van der Waals surface area (Å²) < 4.78 is 10.7. The lowest BCUT2D eigenvalue weighted by Gasteiger charge is -2.27. The Balaban J connectivity index is 1.58. The fourth-order valence-electron chi connectivity index (χ4n) is 5.17. The third kappa shape index (κ3) is 4.92. The predicted molar refractivity (Wildman–Crippen MR) is 145 cm³/mol. The molecule has 38 heavy (non-hydrogen) atoms. The minimum Gasteiger partial charge on any atom is -0.497 e. The number of ether oxygens (including phenoxy) is 2. The van der Waals surface area contributed by atoms with E-state index in [1.54, 1.807) is 23.1 Å². The number of hydrogen-bond donors (Lipinski definition) is 4. The first-order chi connectivity index (χ1) is 18.4. The molecule has 9 nitrogen and oxygen atoms in total. The number of anilines is 1. The van der Waals surface area contributed by atoms with Crippen LogP contribution in [0, 0.1) is 5.41 Å². The quantitative estimate of drug-likeness (QED) is 0.279. The highest BCUT2D eigenvalue weighted by molar-refractivity contribution is 6.00. The molecule has 1 amide bonds. The van der Waals surface area contributed by atoms with Crippen molar-refractivity contribution in [3.63, 3.8) is 0 Å². The molecule has 5 rings (SSSR count). The molecule has 1 saturated heterocycles. The van der Waals surface area contributed by atoms with Crippen LogP contribution in [0.15, 0.2) is 54.6 Å². The number of nitrogens with one attached hydrogen (secondary N) is 2. The van der Waals surface area contributed by atoms with Gasteiger partial charge in [0.1, 0.15) is 11.6 Å². The number of amidine groups is 1. The molecule has 3 aromatic carbocycles. The molecule has 2 aliphatic rings. The second kappa shape index (κ2) is 10.5. The number of aromatic carboxylic acids is 1. The van der Waals surface area contributed by atoms with Crippen molar-refractivity contribution in [2.24, 2.45) is 5.73 Å². The molecular weight excluding hydrogens is 484 g/mol. The molecule has 0 saturated carbocycles. The van der Waals surface area contributed by atoms with Gasteiger partial charge in [-0.1, -0.05) is 6.07 Å². The lowest BCUT2D eigenvalue weighted by molar-refractivity contribution is 0.0303. The summed E-state index contributed by atoms with van der Waals surface area (Å²) in [4.78, 5) is 27.3. The Kier molecular flexibility index (Phi) is 7.02. The number of nitrogens with zero attached hydrogens (tertiary/aromatic N) is 1. The fourth-order valence-corrected chi connectivity index (χ4v) is 5.17. The Morgan fingerprint density at radius 1 is 1.08 bits per heavy atom. The fraction of sp³-hybridized carbons (Fsp3) is 0.276. The Hall–Kier alpha value is -4.37. The van der Waals surface area contributed by atoms with Crippen molar-refractivity contribution in [2.45, 2.75) is 12.3 Å². The summed E-state index contributed by atoms with van der Waals surface area (Å²) in [7, 11) is 1.49. The molecule has 5 N–H and O–H groups in total. The Bertz CT molecular complexity index is 1410. The van der Waals surface area contributed by atoms with Crippen LogP contribution in [0.25, 0.3) is 11.1 Å². The number of nitrogen functional groups attached to an aromatic ring is 1. The van der Waals surface area contributed by atoms with E-state index in [0.717, 1.165) is 16.8 Å². The first kappa shape index (κ1) is 25.3. The maximum Gasteiger partial charge on any atom is 0.336 e. The number of carbonyl (C=O) groups is 2. The summed E-state index contributed by atoms with van der Waals surface area (Å²) in [6.07, 6.45) is 0.605. The van der Waals surface area contributed by atoms with E-state index in [9.17, 15) is 14.7 Å². The van der Waals surface area contributed by atoms with Gasteiger partial charge in [-0.2, -0.15) is 0 Å². The molecule has 1 fully saturated rings. The Labute approximate surface area is 220 Å². The minimum absolute atomic E-state index is 0.00875. The van der Waals surface area contributed by atoms with Gasteiger partial charge in [0.2, 0.25) is 0 Å². The number of carboxylic acid groups (broad SMARTS) is 1. The molecule has 196 valence electrons. The van der Waals surface area contributed by atoms with Crippen LogP contribution < -0.4 is 15.8 Å². The molecule has 2 heterocycles. The molecule has 0 aliphatic carbocycles. The number of morpholine rings is 1. The second-order valence-electron chi connectivity index (χ2n) is 9.49. The average molecular weight is 515 g/mol. The van der Waals surface area contributed by atoms with E-state index in [-0.39, 0.29) is 23.2 Å². The van der Waals surface area contributed by atoms with Gasteiger partial charge in [-0.3, -0.25) is 10.2 Å². The van der Waals surface area contributed by atoms with Crippen LogP contribution in [0.4, 0.5) is 5.69 Å². The lowest BCUT2D eigenvalue weighted by atomic mass is 9.86. The molecule has 1 atom stereocenters. The number of nitrogens with two attached hydrogens (primary N) is 1. The number of benzene rings is 3. The Morgan fingerprint density at radius 3 is 2.55 bits per heavy atom. The summed E-state index contributed by atoms with van der Waals surface area (Å²) in [5, 5.41) is 21.3. The van der Waals surface area contributed by atoms with Gasteiger partial charge < -0.3 is 30.5 Å². The van der Waals surface area contributed by atoms with E-state index in [0.29, 0.717) is 67.3 Å². The van der Waals surface area contributed by atoms with Gasteiger partial charge in [-0.05, 0) is 77.2 Å². The molecule has 0 aromatic heterocycles. The SMILES string of the molecule is COc1ccc(-c2cc(C(=O)N3CCOCC3)ccc2CC2CNc3ccc(C(=N)N)cc32)c(C(=O)O)c1. The van der Waals surface area contributed by atoms with Gasteiger partial charge in [-0.25, -0.2) is 4.79 Å². The van der Waals surface area contributed by atoms with E-state index in [1.165, 1.54) is 13.2 Å². The number of fused-ring (bicyclic) bond motifs is 1. The third-order valence-electron chi connectivity index (χ3n) is 7.21. The summed E-state index contributed by atoms with van der Waals surface area (Å²) >= 11 is 0. The van der Waals surface area contributed by atoms with E-state index >= 15 is 0 Å². The zero-order valence-electron chi connectivity index (χ0n) is 21.1. The topological polar surface area (TPSA) is 138 Å². The van der Waals surface area contributed by atoms with E-state index in [1.807, 2.05) is 30.3 Å². The monoisotopic (exact) mass is 514 g/mol. The molecule has 0 radical (unpaired) electrons. The van der Waals surface area contributed by atoms with Crippen molar-refractivity contribution in [1.82, 2.24) is 4.90 Å². The maximum atomic E-state index is 13.3. The summed E-state index contributed by atoms with van der Waals surface area (Å²) in [6.45, 7) is 2.71. The normalized spacial score (nSPS) is 16.4. The first-order valence-electron chi connectivity index (χ1n) is 12.5. The van der Waals surface area contributed by atoms with Gasteiger partial charge >= 0.3 is 5.97 Å². The molecule has 3 aromatic rings. The highest BCUT2D eigenvalue weighted by Gasteiger charge is 2.27. The standard InChI is InChI=1S/C29H30N4O5/c1-37-21-5-6-22(25(15-21)29(35)36)23-14-19(28(34)33-8-10-38-11-9-33)3-2-17(23)12-20-16-32-26-7-4-18(27(30)31)13-24(20)26/h2-7,13-15,20,32H,8-12,16H2,1H3,(H3,30,31)(H,35,36). The van der Waals surface area contributed by atoms with Crippen molar-refractivity contribution in [2.75, 3.05) is 45.3 Å². The summed E-state index contributed by atoms with van der Waals surface area (Å²) in [5.41, 5.74) is 11.2. The third-order valence-corrected chi connectivity index (χ3v) is 7.21. The largest absolute Gasteiger partial charge is 0.497 e. The van der Waals surface area contributed by atoms with E-state index < -0.39 is 5.97 Å². The van der Waals surface area contributed by atoms with Crippen molar-refractivity contribution in [1.29, 1.82) is 5.41 Å². The predicted octanol–water partition coefficient (Wildman–Crippen LogP) is 3.57. The molecule has 9 heteroatoms. The van der Waals surface area contributed by atoms with Crippen LogP contribution in [-0.4, -0.2) is 67.7 Å². The maximum absolute atomic E-state index is 13.3. The summed E-state index contributed by atoms with van der Waals surface area (Å²) in [5.74, 6) is -0.650. The first-order valence-corrected chi connectivity index (χ1v) is 12.5. The molecular formula is C29H30N4O5. The number of carbonyl (C=O) groups excluding carboxylic acids is 1. The van der Waals surface area contributed by atoms with Crippen LogP contribution in [-0.2, 0) is 11.2 Å². The Morgan fingerprint density at radius 2 is 1.84 bits per heavy atom. The van der Waals surface area contributed by atoms with Gasteiger partial charge in [0.15, 0.2) is 0 Å². The number of methoxy groups -OCH3 is 1. The zero-order valence-corrected chi connectivity index (χ0v) is 21.1. The second-order valence-corrected chi connectivity index (χ2v) is 9.49. The molecule has 2 aliphatic heterocycles. The number of carboxylic acids is 1. The number of rotatable bonds is 7. The lowest BCUT2D eigenvalue weighted by Crippen LogP contribution is -2.40. The average Bonchev–Trinajstić information content (AvgIpc) is 3.34. The van der Waals surface area contributed by atoms with Crippen molar-refractivity contribution < 1.29 is 24.2 Å². The van der Waals surface area contributed by atoms with Crippen molar-refractivity contribution >= 4 is 23.4 Å². The highest BCUT2D eigenvalue weighted by Crippen LogP contribution is 2.38.